The maximum atomic E-state index is 11.4. The predicted octanol–water partition coefficient (Wildman–Crippen LogP) is 3.01. The summed E-state index contributed by atoms with van der Waals surface area (Å²) in [5.74, 6) is 0.185. The third kappa shape index (κ3) is 2.15. The highest BCUT2D eigenvalue weighted by molar-refractivity contribution is 6.31. The maximum absolute atomic E-state index is 11.4. The summed E-state index contributed by atoms with van der Waals surface area (Å²) in [5.41, 5.74) is 1.07. The van der Waals surface area contributed by atoms with E-state index in [-0.39, 0.29) is 17.8 Å². The lowest BCUT2D eigenvalue weighted by atomic mass is 10.1. The molecule has 15 heavy (non-hydrogen) atoms. The van der Waals surface area contributed by atoms with E-state index in [1.165, 1.54) is 0 Å². The molecule has 1 aliphatic rings. The summed E-state index contributed by atoms with van der Waals surface area (Å²) in [5, 5.41) is 0.745. The van der Waals surface area contributed by atoms with Crippen molar-refractivity contribution in [3.63, 3.8) is 0 Å². The van der Waals surface area contributed by atoms with E-state index in [0.717, 1.165) is 17.0 Å². The number of rotatable bonds is 3. The molecular formula is C12H13ClO2. The number of carbonyl (C=O) groups is 1. The van der Waals surface area contributed by atoms with E-state index in [1.54, 1.807) is 0 Å². The third-order valence-corrected chi connectivity index (χ3v) is 3.03. The molecule has 1 aliphatic carbocycles. The molecule has 0 spiro atoms. The maximum Gasteiger partial charge on any atom is 0.309 e. The molecule has 2 atom stereocenters. The van der Waals surface area contributed by atoms with Gasteiger partial charge < -0.3 is 4.74 Å². The lowest BCUT2D eigenvalue weighted by Crippen LogP contribution is -2.07. The molecule has 0 heterocycles. The second-order valence-electron chi connectivity index (χ2n) is 3.72. The third-order valence-electron chi connectivity index (χ3n) is 2.68. The molecule has 2 unspecified atom stereocenters. The van der Waals surface area contributed by atoms with Crippen molar-refractivity contribution in [1.82, 2.24) is 0 Å². The van der Waals surface area contributed by atoms with Gasteiger partial charge in [-0.15, -0.1) is 0 Å². The van der Waals surface area contributed by atoms with Crippen LogP contribution in [0, 0.1) is 5.92 Å². The first-order valence-electron chi connectivity index (χ1n) is 5.15. The van der Waals surface area contributed by atoms with Crippen LogP contribution in [0.15, 0.2) is 24.3 Å². The summed E-state index contributed by atoms with van der Waals surface area (Å²) in [6, 6.07) is 7.68. The first-order chi connectivity index (χ1) is 7.24. The van der Waals surface area contributed by atoms with Gasteiger partial charge in [0.2, 0.25) is 0 Å². The van der Waals surface area contributed by atoms with Crippen molar-refractivity contribution in [2.45, 2.75) is 19.3 Å². The average molecular weight is 225 g/mol. The lowest BCUT2D eigenvalue weighted by molar-refractivity contribution is -0.144. The smallest absolute Gasteiger partial charge is 0.309 e. The molecule has 3 heteroatoms. The Morgan fingerprint density at radius 3 is 2.93 bits per heavy atom. The van der Waals surface area contributed by atoms with Gasteiger partial charge in [-0.3, -0.25) is 4.79 Å². The Morgan fingerprint density at radius 2 is 2.27 bits per heavy atom. The van der Waals surface area contributed by atoms with E-state index in [0.29, 0.717) is 6.61 Å². The van der Waals surface area contributed by atoms with Crippen molar-refractivity contribution in [3.05, 3.63) is 34.9 Å². The van der Waals surface area contributed by atoms with Gasteiger partial charge in [-0.2, -0.15) is 0 Å². The second-order valence-corrected chi connectivity index (χ2v) is 4.13. The molecule has 80 valence electrons. The van der Waals surface area contributed by atoms with Crippen LogP contribution in [0.25, 0.3) is 0 Å². The fourth-order valence-corrected chi connectivity index (χ4v) is 2.10. The summed E-state index contributed by atoms with van der Waals surface area (Å²) < 4.78 is 4.98. The van der Waals surface area contributed by atoms with Crippen LogP contribution < -0.4 is 0 Å². The zero-order valence-electron chi connectivity index (χ0n) is 8.57. The van der Waals surface area contributed by atoms with Crippen molar-refractivity contribution in [1.29, 1.82) is 0 Å². The fraction of sp³-hybridized carbons (Fsp3) is 0.417. The monoisotopic (exact) mass is 224 g/mol. The Labute approximate surface area is 94.2 Å². The molecule has 1 fully saturated rings. The summed E-state index contributed by atoms with van der Waals surface area (Å²) in [4.78, 5) is 11.4. The quantitative estimate of drug-likeness (QED) is 0.738. The van der Waals surface area contributed by atoms with Gasteiger partial charge in [0.1, 0.15) is 0 Å². The zero-order valence-corrected chi connectivity index (χ0v) is 9.33. The molecule has 0 radical (unpaired) electrons. The highest BCUT2D eigenvalue weighted by Crippen LogP contribution is 2.50. The molecule has 0 N–H and O–H groups in total. The predicted molar refractivity (Wildman–Crippen MR) is 58.9 cm³/mol. The van der Waals surface area contributed by atoms with E-state index in [4.69, 9.17) is 16.3 Å². The van der Waals surface area contributed by atoms with Crippen molar-refractivity contribution in [2.75, 3.05) is 6.61 Å². The Hall–Kier alpha value is -1.02. The molecule has 1 aromatic rings. The van der Waals surface area contributed by atoms with Gasteiger partial charge in [0.15, 0.2) is 0 Å². The fourth-order valence-electron chi connectivity index (χ4n) is 1.82. The highest BCUT2D eigenvalue weighted by atomic mass is 35.5. The second kappa shape index (κ2) is 4.23. The van der Waals surface area contributed by atoms with Gasteiger partial charge in [0.05, 0.1) is 12.5 Å². The molecule has 0 aliphatic heterocycles. The van der Waals surface area contributed by atoms with E-state index >= 15 is 0 Å². The average Bonchev–Trinajstić information content (AvgIpc) is 2.98. The van der Waals surface area contributed by atoms with E-state index in [9.17, 15) is 4.79 Å². The standard InChI is InChI=1S/C12H13ClO2/c1-2-15-12(14)10-7-9(10)8-5-3-4-6-11(8)13/h3-6,9-10H,2,7H2,1H3. The van der Waals surface area contributed by atoms with E-state index in [1.807, 2.05) is 31.2 Å². The summed E-state index contributed by atoms with van der Waals surface area (Å²) >= 11 is 6.05. The number of carbonyl (C=O) groups excluding carboxylic acids is 1. The highest BCUT2D eigenvalue weighted by Gasteiger charge is 2.45. The van der Waals surface area contributed by atoms with Crippen LogP contribution in [-0.4, -0.2) is 12.6 Å². The molecular weight excluding hydrogens is 212 g/mol. The first-order valence-corrected chi connectivity index (χ1v) is 5.53. The van der Waals surface area contributed by atoms with Crippen molar-refractivity contribution < 1.29 is 9.53 Å². The van der Waals surface area contributed by atoms with Crippen LogP contribution in [0.4, 0.5) is 0 Å². The van der Waals surface area contributed by atoms with Crippen molar-refractivity contribution in [3.8, 4) is 0 Å². The van der Waals surface area contributed by atoms with E-state index < -0.39 is 0 Å². The summed E-state index contributed by atoms with van der Waals surface area (Å²) in [7, 11) is 0. The van der Waals surface area contributed by atoms with Gasteiger partial charge in [-0.1, -0.05) is 29.8 Å². The minimum atomic E-state index is -0.0950. The van der Waals surface area contributed by atoms with Crippen LogP contribution in [0.3, 0.4) is 0 Å². The van der Waals surface area contributed by atoms with Crippen LogP contribution in [0.5, 0.6) is 0 Å². The molecule has 2 rings (SSSR count). The number of hydrogen-bond donors (Lipinski definition) is 0. The van der Waals surface area contributed by atoms with Crippen LogP contribution >= 0.6 is 11.6 Å². The minimum Gasteiger partial charge on any atom is -0.466 e. The Morgan fingerprint density at radius 1 is 1.53 bits per heavy atom. The largest absolute Gasteiger partial charge is 0.466 e. The minimum absolute atomic E-state index is 0.0184. The van der Waals surface area contributed by atoms with Gasteiger partial charge in [-0.05, 0) is 30.9 Å². The Bertz CT molecular complexity index is 376. The van der Waals surface area contributed by atoms with Crippen LogP contribution in [0.1, 0.15) is 24.8 Å². The van der Waals surface area contributed by atoms with Gasteiger partial charge in [0.25, 0.3) is 0 Å². The van der Waals surface area contributed by atoms with Gasteiger partial charge in [-0.25, -0.2) is 0 Å². The molecule has 1 aromatic carbocycles. The molecule has 0 bridgehead atoms. The summed E-state index contributed by atoms with van der Waals surface area (Å²) in [6.45, 7) is 2.27. The zero-order chi connectivity index (χ0) is 10.8. The SMILES string of the molecule is CCOC(=O)C1CC1c1ccccc1Cl. The topological polar surface area (TPSA) is 26.3 Å². The number of esters is 1. The molecule has 0 amide bonds. The number of ether oxygens (including phenoxy) is 1. The van der Waals surface area contributed by atoms with Crippen molar-refractivity contribution >= 4 is 17.6 Å². The van der Waals surface area contributed by atoms with E-state index in [2.05, 4.69) is 0 Å². The first kappa shape index (κ1) is 10.5. The number of halogens is 1. The van der Waals surface area contributed by atoms with Crippen molar-refractivity contribution in [2.24, 2.45) is 5.92 Å². The van der Waals surface area contributed by atoms with Crippen LogP contribution in [-0.2, 0) is 9.53 Å². The van der Waals surface area contributed by atoms with Gasteiger partial charge in [0, 0.05) is 5.02 Å². The summed E-state index contributed by atoms with van der Waals surface area (Å²) in [6.07, 6.45) is 0.864. The normalized spacial score (nSPS) is 23.6. The van der Waals surface area contributed by atoms with Gasteiger partial charge >= 0.3 is 5.97 Å². The number of benzene rings is 1. The molecule has 0 saturated heterocycles. The molecule has 2 nitrogen and oxygen atoms in total. The Kier molecular flexibility index (Phi) is 2.96. The molecule has 0 aromatic heterocycles. The Balaban J connectivity index is 2.05. The lowest BCUT2D eigenvalue weighted by Gasteiger charge is -2.03. The number of hydrogen-bond acceptors (Lipinski definition) is 2. The molecule has 1 saturated carbocycles. The van der Waals surface area contributed by atoms with Crippen LogP contribution in [0.2, 0.25) is 5.02 Å².